The molecule has 2 aromatic rings. The number of nitrogens with zero attached hydrogens (tertiary/aromatic N) is 2. The van der Waals surface area contributed by atoms with E-state index in [-0.39, 0.29) is 18.1 Å². The molecule has 0 fully saturated rings. The average Bonchev–Trinajstić information content (AvgIpc) is 2.74. The van der Waals surface area contributed by atoms with Gasteiger partial charge in [-0.1, -0.05) is 0 Å². The van der Waals surface area contributed by atoms with Crippen LogP contribution in [-0.4, -0.2) is 40.4 Å². The number of amides is 2. The van der Waals surface area contributed by atoms with Crippen LogP contribution in [-0.2, 0) is 13.1 Å². The van der Waals surface area contributed by atoms with Gasteiger partial charge in [0.25, 0.3) is 5.56 Å². The van der Waals surface area contributed by atoms with E-state index in [1.807, 2.05) is 32.0 Å². The molecule has 0 saturated carbocycles. The van der Waals surface area contributed by atoms with Gasteiger partial charge in [-0.25, -0.2) is 9.89 Å². The first kappa shape index (κ1) is 17.8. The summed E-state index contributed by atoms with van der Waals surface area (Å²) in [5.74, 6) is 1.42. The molecule has 0 bridgehead atoms. The lowest BCUT2D eigenvalue weighted by Crippen LogP contribution is -2.47. The van der Waals surface area contributed by atoms with Crippen molar-refractivity contribution in [3.63, 3.8) is 0 Å². The smallest absolute Gasteiger partial charge is 0.318 e. The summed E-state index contributed by atoms with van der Waals surface area (Å²) in [4.78, 5) is 25.4. The van der Waals surface area contributed by atoms with Gasteiger partial charge in [0, 0.05) is 17.7 Å². The number of benzene rings is 1. The summed E-state index contributed by atoms with van der Waals surface area (Å²) < 4.78 is 11.3. The molecular weight excluding hydrogens is 336 g/mol. The zero-order valence-corrected chi connectivity index (χ0v) is 15.0. The van der Waals surface area contributed by atoms with Crippen molar-refractivity contribution in [2.75, 3.05) is 13.7 Å². The lowest BCUT2D eigenvalue weighted by atomic mass is 10.1. The van der Waals surface area contributed by atoms with Gasteiger partial charge >= 0.3 is 6.03 Å². The number of methoxy groups -OCH3 is 1. The van der Waals surface area contributed by atoms with Gasteiger partial charge in [0.05, 0.1) is 32.4 Å². The summed E-state index contributed by atoms with van der Waals surface area (Å²) in [6, 6.07) is 8.32. The fourth-order valence-electron chi connectivity index (χ4n) is 2.83. The first-order valence-electron chi connectivity index (χ1n) is 8.30. The average molecular weight is 358 g/mol. The second-order valence-corrected chi connectivity index (χ2v) is 6.76. The molecule has 0 saturated heterocycles. The first-order chi connectivity index (χ1) is 12.4. The Bertz CT molecular complexity index is 842. The summed E-state index contributed by atoms with van der Waals surface area (Å²) in [7, 11) is 1.61. The summed E-state index contributed by atoms with van der Waals surface area (Å²) in [6.45, 7) is 4.95. The van der Waals surface area contributed by atoms with Gasteiger partial charge in [0.2, 0.25) is 0 Å². The number of ether oxygens (including phenoxy) is 2. The molecule has 1 aromatic heterocycles. The minimum Gasteiger partial charge on any atom is -0.497 e. The molecule has 1 aliphatic rings. The van der Waals surface area contributed by atoms with Gasteiger partial charge in [-0.15, -0.1) is 0 Å². The lowest BCUT2D eigenvalue weighted by Gasteiger charge is -2.29. The highest BCUT2D eigenvalue weighted by Crippen LogP contribution is 2.32. The highest BCUT2D eigenvalue weighted by molar-refractivity contribution is 5.74. The maximum absolute atomic E-state index is 12.6. The molecule has 26 heavy (non-hydrogen) atoms. The molecule has 8 heteroatoms. The lowest BCUT2D eigenvalue weighted by molar-refractivity contribution is 0.0805. The number of carbonyl (C=O) groups excluding carboxylic acids is 1. The third-order valence-corrected chi connectivity index (χ3v) is 4.04. The number of urea groups is 1. The van der Waals surface area contributed by atoms with E-state index in [0.29, 0.717) is 30.3 Å². The summed E-state index contributed by atoms with van der Waals surface area (Å²) in [5.41, 5.74) is 0.659. The van der Waals surface area contributed by atoms with Crippen molar-refractivity contribution in [2.45, 2.75) is 32.5 Å². The van der Waals surface area contributed by atoms with Crippen LogP contribution in [0, 0.1) is 0 Å². The molecule has 0 spiro atoms. The van der Waals surface area contributed by atoms with Gasteiger partial charge in [-0.3, -0.25) is 4.79 Å². The number of hydrogen-bond acceptors (Lipinski definition) is 5. The first-order valence-corrected chi connectivity index (χ1v) is 8.30. The second-order valence-electron chi connectivity index (χ2n) is 6.76. The SMILES string of the molecule is COc1ccc2c(c1)OC(C)(C)CN(C(=O)NCc1ccc(=O)[nH]n1)C2. The standard InChI is InChI=1S/C18H22N4O4/c1-18(2)11-22(10-12-4-6-14(25-3)8-15(12)26-18)17(24)19-9-13-5-7-16(23)21-20-13/h4-8H,9-11H2,1-3H3,(H,19,24)(H,21,23). The Balaban J connectivity index is 1.74. The zero-order valence-electron chi connectivity index (χ0n) is 15.0. The summed E-state index contributed by atoms with van der Waals surface area (Å²) in [6.07, 6.45) is 0. The Morgan fingerprint density at radius 3 is 2.88 bits per heavy atom. The number of rotatable bonds is 3. The van der Waals surface area contributed by atoms with Crippen molar-refractivity contribution in [3.8, 4) is 11.5 Å². The van der Waals surface area contributed by atoms with Crippen LogP contribution in [0.25, 0.3) is 0 Å². The van der Waals surface area contributed by atoms with Crippen molar-refractivity contribution >= 4 is 6.03 Å². The van der Waals surface area contributed by atoms with Crippen LogP contribution >= 0.6 is 0 Å². The van der Waals surface area contributed by atoms with E-state index in [9.17, 15) is 9.59 Å². The number of hydrogen-bond donors (Lipinski definition) is 2. The quantitative estimate of drug-likeness (QED) is 0.870. The number of aromatic amines is 1. The minimum atomic E-state index is -0.550. The molecule has 3 rings (SSSR count). The number of carbonyl (C=O) groups is 1. The van der Waals surface area contributed by atoms with Crippen LogP contribution < -0.4 is 20.3 Å². The zero-order chi connectivity index (χ0) is 18.7. The molecule has 1 aromatic carbocycles. The van der Waals surface area contributed by atoms with E-state index in [2.05, 4.69) is 15.5 Å². The predicted octanol–water partition coefficient (Wildman–Crippen LogP) is 1.66. The van der Waals surface area contributed by atoms with Crippen LogP contribution in [0.3, 0.4) is 0 Å². The van der Waals surface area contributed by atoms with Crippen molar-refractivity contribution in [1.82, 2.24) is 20.4 Å². The number of aromatic nitrogens is 2. The van der Waals surface area contributed by atoms with Gasteiger partial charge < -0.3 is 19.7 Å². The fraction of sp³-hybridized carbons (Fsp3) is 0.389. The molecule has 0 unspecified atom stereocenters. The number of nitrogens with one attached hydrogen (secondary N) is 2. The van der Waals surface area contributed by atoms with Crippen LogP contribution in [0.1, 0.15) is 25.1 Å². The minimum absolute atomic E-state index is 0.224. The molecule has 2 heterocycles. The van der Waals surface area contributed by atoms with E-state index in [0.717, 1.165) is 5.56 Å². The molecule has 0 atom stereocenters. The number of H-pyrrole nitrogens is 1. The van der Waals surface area contributed by atoms with E-state index in [4.69, 9.17) is 9.47 Å². The van der Waals surface area contributed by atoms with Gasteiger partial charge in [0.15, 0.2) is 0 Å². The van der Waals surface area contributed by atoms with Crippen molar-refractivity contribution < 1.29 is 14.3 Å². The van der Waals surface area contributed by atoms with E-state index in [1.165, 1.54) is 6.07 Å². The number of fused-ring (bicyclic) bond motifs is 1. The molecule has 1 aliphatic heterocycles. The largest absolute Gasteiger partial charge is 0.497 e. The normalized spacial score (nSPS) is 15.4. The van der Waals surface area contributed by atoms with Crippen LogP contribution in [0.4, 0.5) is 4.79 Å². The fourth-order valence-corrected chi connectivity index (χ4v) is 2.83. The molecule has 2 amide bonds. The third-order valence-electron chi connectivity index (χ3n) is 4.04. The van der Waals surface area contributed by atoms with Crippen molar-refractivity contribution in [2.24, 2.45) is 0 Å². The molecule has 138 valence electrons. The molecule has 0 aliphatic carbocycles. The monoisotopic (exact) mass is 358 g/mol. The van der Waals surface area contributed by atoms with E-state index >= 15 is 0 Å². The Hall–Kier alpha value is -3.03. The van der Waals surface area contributed by atoms with Crippen LogP contribution in [0.15, 0.2) is 35.1 Å². The molecular formula is C18H22N4O4. The maximum atomic E-state index is 12.6. The van der Waals surface area contributed by atoms with E-state index < -0.39 is 5.60 Å². The van der Waals surface area contributed by atoms with E-state index in [1.54, 1.807) is 18.1 Å². The van der Waals surface area contributed by atoms with Crippen molar-refractivity contribution in [3.05, 3.63) is 51.9 Å². The van der Waals surface area contributed by atoms with Crippen molar-refractivity contribution in [1.29, 1.82) is 0 Å². The summed E-state index contributed by atoms with van der Waals surface area (Å²) in [5, 5.41) is 9.07. The highest BCUT2D eigenvalue weighted by Gasteiger charge is 2.31. The maximum Gasteiger partial charge on any atom is 0.318 e. The summed E-state index contributed by atoms with van der Waals surface area (Å²) >= 11 is 0. The van der Waals surface area contributed by atoms with Gasteiger partial charge in [0.1, 0.15) is 17.1 Å². The Kier molecular flexibility index (Phi) is 4.83. The Morgan fingerprint density at radius 1 is 1.38 bits per heavy atom. The second kappa shape index (κ2) is 7.07. The predicted molar refractivity (Wildman–Crippen MR) is 95.2 cm³/mol. The Labute approximate surface area is 151 Å². The molecule has 0 radical (unpaired) electrons. The topological polar surface area (TPSA) is 96.5 Å². The third kappa shape index (κ3) is 4.14. The molecule has 2 N–H and O–H groups in total. The van der Waals surface area contributed by atoms with Gasteiger partial charge in [-0.2, -0.15) is 5.10 Å². The Morgan fingerprint density at radius 2 is 2.19 bits per heavy atom. The van der Waals surface area contributed by atoms with Crippen LogP contribution in [0.5, 0.6) is 11.5 Å². The van der Waals surface area contributed by atoms with Crippen LogP contribution in [0.2, 0.25) is 0 Å². The highest BCUT2D eigenvalue weighted by atomic mass is 16.5. The molecule has 8 nitrogen and oxygen atoms in total. The van der Waals surface area contributed by atoms with Gasteiger partial charge in [-0.05, 0) is 32.0 Å².